The summed E-state index contributed by atoms with van der Waals surface area (Å²) in [6.45, 7) is 12.7. The van der Waals surface area contributed by atoms with Gasteiger partial charge in [0.2, 0.25) is 5.88 Å². The highest BCUT2D eigenvalue weighted by atomic mass is 16.5. The summed E-state index contributed by atoms with van der Waals surface area (Å²) in [5.41, 5.74) is 2.58. The van der Waals surface area contributed by atoms with Crippen molar-refractivity contribution in [2.24, 2.45) is 0 Å². The minimum Gasteiger partial charge on any atom is -0.474 e. The second-order valence-corrected chi connectivity index (χ2v) is 9.55. The van der Waals surface area contributed by atoms with E-state index in [4.69, 9.17) is 14.5 Å². The van der Waals surface area contributed by atoms with Gasteiger partial charge in [-0.25, -0.2) is 4.98 Å². The predicted molar refractivity (Wildman–Crippen MR) is 118 cm³/mol. The largest absolute Gasteiger partial charge is 0.474 e. The zero-order valence-corrected chi connectivity index (χ0v) is 18.5. The quantitative estimate of drug-likeness (QED) is 0.707. The summed E-state index contributed by atoms with van der Waals surface area (Å²) in [7, 11) is 0. The highest BCUT2D eigenvalue weighted by molar-refractivity contribution is 5.86. The average molecular weight is 410 g/mol. The lowest BCUT2D eigenvalue weighted by atomic mass is 10.0. The van der Waals surface area contributed by atoms with Gasteiger partial charge in [0.25, 0.3) is 0 Å². The molecule has 4 heterocycles. The number of aromatic nitrogens is 4. The van der Waals surface area contributed by atoms with Crippen molar-refractivity contribution in [1.82, 2.24) is 25.1 Å². The number of fused-ring (bicyclic) bond motifs is 1. The van der Waals surface area contributed by atoms with E-state index in [0.717, 1.165) is 41.7 Å². The molecule has 0 amide bonds. The molecule has 1 saturated heterocycles. The fourth-order valence-corrected chi connectivity index (χ4v) is 3.42. The molecule has 0 unspecified atom stereocenters. The third kappa shape index (κ3) is 4.63. The second-order valence-electron chi connectivity index (χ2n) is 9.55. The van der Waals surface area contributed by atoms with Crippen molar-refractivity contribution in [1.29, 1.82) is 0 Å². The Morgan fingerprint density at radius 3 is 2.93 bits per heavy atom. The summed E-state index contributed by atoms with van der Waals surface area (Å²) in [4.78, 5) is 9.33. The molecular formula is C23H31N5O2. The normalized spacial score (nSPS) is 19.6. The lowest BCUT2D eigenvalue weighted by Crippen LogP contribution is -2.42. The van der Waals surface area contributed by atoms with Gasteiger partial charge in [-0.1, -0.05) is 0 Å². The first-order valence-corrected chi connectivity index (χ1v) is 10.5. The van der Waals surface area contributed by atoms with E-state index >= 15 is 0 Å². The van der Waals surface area contributed by atoms with Gasteiger partial charge in [-0.15, -0.1) is 0 Å². The number of nitrogens with zero attached hydrogens (tertiary/aromatic N) is 4. The van der Waals surface area contributed by atoms with Crippen LogP contribution < -0.4 is 10.1 Å². The average Bonchev–Trinajstić information content (AvgIpc) is 3.13. The van der Waals surface area contributed by atoms with Crippen molar-refractivity contribution in [2.45, 2.75) is 58.2 Å². The Kier molecular flexibility index (Phi) is 5.51. The van der Waals surface area contributed by atoms with Crippen molar-refractivity contribution in [3.63, 3.8) is 0 Å². The minimum absolute atomic E-state index is 0.0207. The number of ether oxygens (including phenoxy) is 2. The van der Waals surface area contributed by atoms with E-state index in [2.05, 4.69) is 50.0 Å². The standard InChI is InChI=1S/C23H31N5O2/c1-22(2,3)28-14-16(12-26-28)19-11-20-18(7-6-9-24-20)21(27-19)30-15-17-13-25-23(4,5)8-10-29-17/h6-7,9,11-12,14,17,25H,8,10,13,15H2,1-5H3/t17-/m0/s1. The van der Waals surface area contributed by atoms with Crippen LogP contribution in [0.1, 0.15) is 41.0 Å². The van der Waals surface area contributed by atoms with Crippen LogP contribution in [0.15, 0.2) is 36.8 Å². The molecule has 0 saturated carbocycles. The van der Waals surface area contributed by atoms with Crippen LogP contribution in [0.4, 0.5) is 0 Å². The zero-order chi connectivity index (χ0) is 21.4. The first-order valence-electron chi connectivity index (χ1n) is 10.5. The van der Waals surface area contributed by atoms with E-state index in [0.29, 0.717) is 12.5 Å². The number of hydrogen-bond acceptors (Lipinski definition) is 6. The van der Waals surface area contributed by atoms with E-state index in [-0.39, 0.29) is 17.2 Å². The molecule has 7 nitrogen and oxygen atoms in total. The van der Waals surface area contributed by atoms with Crippen molar-refractivity contribution in [2.75, 3.05) is 19.8 Å². The first kappa shape index (κ1) is 20.8. The minimum atomic E-state index is -0.0930. The van der Waals surface area contributed by atoms with E-state index in [9.17, 15) is 0 Å². The molecule has 0 aliphatic carbocycles. The molecule has 1 aliphatic heterocycles. The van der Waals surface area contributed by atoms with E-state index in [1.165, 1.54) is 0 Å². The van der Waals surface area contributed by atoms with Crippen LogP contribution in [-0.4, -0.2) is 51.1 Å². The van der Waals surface area contributed by atoms with E-state index < -0.39 is 0 Å². The van der Waals surface area contributed by atoms with Gasteiger partial charge in [0.1, 0.15) is 12.7 Å². The van der Waals surface area contributed by atoms with Gasteiger partial charge < -0.3 is 14.8 Å². The molecular weight excluding hydrogens is 378 g/mol. The second kappa shape index (κ2) is 7.96. The maximum atomic E-state index is 6.18. The van der Waals surface area contributed by atoms with Gasteiger partial charge in [-0.2, -0.15) is 5.10 Å². The van der Waals surface area contributed by atoms with Gasteiger partial charge in [0, 0.05) is 36.6 Å². The highest BCUT2D eigenvalue weighted by Crippen LogP contribution is 2.29. The number of rotatable bonds is 4. The maximum Gasteiger partial charge on any atom is 0.223 e. The van der Waals surface area contributed by atoms with Crippen LogP contribution in [0.2, 0.25) is 0 Å². The molecule has 0 bridgehead atoms. The highest BCUT2D eigenvalue weighted by Gasteiger charge is 2.25. The van der Waals surface area contributed by atoms with Gasteiger partial charge in [0.15, 0.2) is 0 Å². The monoisotopic (exact) mass is 409 g/mol. The van der Waals surface area contributed by atoms with Gasteiger partial charge >= 0.3 is 0 Å². The fourth-order valence-electron chi connectivity index (χ4n) is 3.42. The van der Waals surface area contributed by atoms with Crippen molar-refractivity contribution in [3.05, 3.63) is 36.8 Å². The van der Waals surface area contributed by atoms with Crippen molar-refractivity contribution in [3.8, 4) is 17.1 Å². The molecule has 0 radical (unpaired) electrons. The molecule has 1 aliphatic rings. The zero-order valence-electron chi connectivity index (χ0n) is 18.5. The Hall–Kier alpha value is -2.51. The van der Waals surface area contributed by atoms with Crippen LogP contribution in [0, 0.1) is 0 Å². The van der Waals surface area contributed by atoms with Gasteiger partial charge in [-0.05, 0) is 59.2 Å². The van der Waals surface area contributed by atoms with Crippen LogP contribution in [0.25, 0.3) is 22.2 Å². The third-order valence-electron chi connectivity index (χ3n) is 5.42. The topological polar surface area (TPSA) is 74.1 Å². The Bertz CT molecular complexity index is 1020. The third-order valence-corrected chi connectivity index (χ3v) is 5.42. The summed E-state index contributed by atoms with van der Waals surface area (Å²) in [6.07, 6.45) is 6.59. The molecule has 30 heavy (non-hydrogen) atoms. The van der Waals surface area contributed by atoms with E-state index in [1.54, 1.807) is 6.20 Å². The predicted octanol–water partition coefficient (Wildman–Crippen LogP) is 3.78. The summed E-state index contributed by atoms with van der Waals surface area (Å²) in [6, 6.07) is 5.88. The van der Waals surface area contributed by atoms with Crippen molar-refractivity contribution < 1.29 is 9.47 Å². The molecule has 0 spiro atoms. The molecule has 4 rings (SSSR count). The Morgan fingerprint density at radius 1 is 1.33 bits per heavy atom. The Morgan fingerprint density at radius 2 is 2.17 bits per heavy atom. The van der Waals surface area contributed by atoms with E-state index in [1.807, 2.05) is 35.3 Å². The van der Waals surface area contributed by atoms with Crippen LogP contribution in [0.3, 0.4) is 0 Å². The van der Waals surface area contributed by atoms with Crippen LogP contribution >= 0.6 is 0 Å². The lowest BCUT2D eigenvalue weighted by Gasteiger charge is -2.23. The number of nitrogens with one attached hydrogen (secondary N) is 1. The summed E-state index contributed by atoms with van der Waals surface area (Å²) >= 11 is 0. The molecule has 3 aromatic rings. The Labute approximate surface area is 177 Å². The maximum absolute atomic E-state index is 6.18. The number of pyridine rings is 2. The molecule has 3 aromatic heterocycles. The van der Waals surface area contributed by atoms with Crippen LogP contribution in [-0.2, 0) is 10.3 Å². The van der Waals surface area contributed by atoms with Gasteiger partial charge in [0.05, 0.1) is 28.3 Å². The summed E-state index contributed by atoms with van der Waals surface area (Å²) in [5.74, 6) is 0.575. The molecule has 1 fully saturated rings. The molecule has 1 atom stereocenters. The molecule has 0 aromatic carbocycles. The van der Waals surface area contributed by atoms with Crippen molar-refractivity contribution >= 4 is 10.9 Å². The lowest BCUT2D eigenvalue weighted by molar-refractivity contribution is 0.0311. The molecule has 160 valence electrons. The summed E-state index contributed by atoms with van der Waals surface area (Å²) in [5, 5.41) is 8.95. The smallest absolute Gasteiger partial charge is 0.223 e. The Balaban J connectivity index is 1.60. The molecule has 7 heteroatoms. The number of hydrogen-bond donors (Lipinski definition) is 1. The van der Waals surface area contributed by atoms with Gasteiger partial charge in [-0.3, -0.25) is 9.67 Å². The fraction of sp³-hybridized carbons (Fsp3) is 0.522. The first-order chi connectivity index (χ1) is 14.2. The van der Waals surface area contributed by atoms with Crippen LogP contribution in [0.5, 0.6) is 5.88 Å². The summed E-state index contributed by atoms with van der Waals surface area (Å²) < 4.78 is 14.1. The molecule has 1 N–H and O–H groups in total. The SMILES string of the molecule is CC1(C)CCO[C@H](COc2nc(-c3cnn(C(C)(C)C)c3)cc3ncccc23)CN1.